The highest BCUT2D eigenvalue weighted by Crippen LogP contribution is 2.48. The average molecular weight is 400 g/mol. The van der Waals surface area contributed by atoms with Crippen molar-refractivity contribution >= 4 is 11.9 Å². The maximum Gasteiger partial charge on any atom is 0.307 e. The molecule has 0 radical (unpaired) electrons. The number of unbranched alkanes of at least 4 members (excludes halogenated alkanes) is 2. The molecule has 2 aliphatic rings. The maximum absolute atomic E-state index is 14.0. The predicted molar refractivity (Wildman–Crippen MR) is 102 cm³/mol. The molecule has 160 valence electrons. The van der Waals surface area contributed by atoms with Gasteiger partial charge in [-0.2, -0.15) is 0 Å². The van der Waals surface area contributed by atoms with Gasteiger partial charge in [0.05, 0.1) is 18.1 Å². The summed E-state index contributed by atoms with van der Waals surface area (Å²) in [7, 11) is 0. The summed E-state index contributed by atoms with van der Waals surface area (Å²) in [5, 5.41) is 28.3. The molecule has 7 atom stereocenters. The van der Waals surface area contributed by atoms with Crippen molar-refractivity contribution in [2.24, 2.45) is 17.8 Å². The summed E-state index contributed by atoms with van der Waals surface area (Å²) in [6.07, 6.45) is 5.70. The van der Waals surface area contributed by atoms with Crippen molar-refractivity contribution in [3.63, 3.8) is 0 Å². The third-order valence-corrected chi connectivity index (χ3v) is 6.04. The molecule has 1 aliphatic carbocycles. The Morgan fingerprint density at radius 2 is 1.96 bits per heavy atom. The first-order valence-electron chi connectivity index (χ1n) is 10.4. The van der Waals surface area contributed by atoms with E-state index >= 15 is 0 Å². The Hall–Kier alpha value is -1.47. The lowest BCUT2D eigenvalue weighted by atomic mass is 9.85. The lowest BCUT2D eigenvalue weighted by Crippen LogP contribution is -2.24. The number of carboxylic acid groups (broad SMARTS) is 2. The van der Waals surface area contributed by atoms with Gasteiger partial charge in [-0.1, -0.05) is 38.3 Å². The number of aliphatic carboxylic acids is 2. The third kappa shape index (κ3) is 6.27. The number of aliphatic hydroxyl groups excluding tert-OH is 1. The van der Waals surface area contributed by atoms with Crippen molar-refractivity contribution < 1.29 is 34.0 Å². The highest BCUT2D eigenvalue weighted by Gasteiger charge is 2.50. The van der Waals surface area contributed by atoms with E-state index in [4.69, 9.17) is 9.84 Å². The number of halogens is 1. The normalized spacial score (nSPS) is 31.8. The van der Waals surface area contributed by atoms with Crippen LogP contribution in [0.1, 0.15) is 64.7 Å². The Kier molecular flexibility index (Phi) is 8.89. The first-order valence-corrected chi connectivity index (χ1v) is 10.4. The molecule has 2 rings (SSSR count). The SMILES string of the molecule is CCCC[C@@H](F)[C@H](O)/C=C/[C@H]1[C@H]2C[C@H](CCCCC(=O)O)O[C@H]2C[C@H]1C(=O)O. The number of hydrogen-bond donors (Lipinski definition) is 3. The molecule has 0 aromatic carbocycles. The maximum atomic E-state index is 14.0. The van der Waals surface area contributed by atoms with Gasteiger partial charge in [-0.25, -0.2) is 4.39 Å². The summed E-state index contributed by atoms with van der Waals surface area (Å²) >= 11 is 0. The molecule has 28 heavy (non-hydrogen) atoms. The monoisotopic (exact) mass is 400 g/mol. The van der Waals surface area contributed by atoms with Gasteiger partial charge in [0, 0.05) is 6.42 Å². The zero-order valence-corrected chi connectivity index (χ0v) is 16.5. The second kappa shape index (κ2) is 10.9. The number of ether oxygens (including phenoxy) is 1. The highest BCUT2D eigenvalue weighted by atomic mass is 19.1. The molecule has 0 unspecified atom stereocenters. The van der Waals surface area contributed by atoms with Gasteiger partial charge in [0.2, 0.25) is 0 Å². The van der Waals surface area contributed by atoms with E-state index in [9.17, 15) is 24.2 Å². The number of carboxylic acids is 2. The molecule has 6 nitrogen and oxygen atoms in total. The van der Waals surface area contributed by atoms with Crippen molar-refractivity contribution in [3.05, 3.63) is 12.2 Å². The zero-order chi connectivity index (χ0) is 20.7. The molecule has 0 amide bonds. The van der Waals surface area contributed by atoms with Gasteiger partial charge in [0.15, 0.2) is 0 Å². The van der Waals surface area contributed by atoms with Gasteiger partial charge >= 0.3 is 11.9 Å². The third-order valence-electron chi connectivity index (χ3n) is 6.04. The summed E-state index contributed by atoms with van der Waals surface area (Å²) in [5.74, 6) is -2.51. The Morgan fingerprint density at radius 1 is 1.21 bits per heavy atom. The fourth-order valence-corrected chi connectivity index (χ4v) is 4.51. The molecule has 7 heteroatoms. The van der Waals surface area contributed by atoms with E-state index in [2.05, 4.69) is 0 Å². The van der Waals surface area contributed by atoms with Crippen LogP contribution in [0.3, 0.4) is 0 Å². The number of aliphatic hydroxyl groups is 1. The van der Waals surface area contributed by atoms with Crippen LogP contribution in [-0.4, -0.2) is 51.7 Å². The van der Waals surface area contributed by atoms with Crippen LogP contribution in [0.4, 0.5) is 4.39 Å². The molecule has 1 saturated heterocycles. The Labute approximate surface area is 165 Å². The predicted octanol–water partition coefficient (Wildman–Crippen LogP) is 3.57. The van der Waals surface area contributed by atoms with Crippen LogP contribution in [0.5, 0.6) is 0 Å². The first kappa shape index (κ1) is 22.8. The van der Waals surface area contributed by atoms with Crippen molar-refractivity contribution in [1.29, 1.82) is 0 Å². The van der Waals surface area contributed by atoms with E-state index in [1.54, 1.807) is 6.08 Å². The Balaban J connectivity index is 1.92. The van der Waals surface area contributed by atoms with E-state index < -0.39 is 30.1 Å². The minimum absolute atomic E-state index is 0.0119. The van der Waals surface area contributed by atoms with Crippen LogP contribution in [0.15, 0.2) is 12.2 Å². The lowest BCUT2D eigenvalue weighted by molar-refractivity contribution is -0.143. The number of allylic oxidation sites excluding steroid dienone is 1. The van der Waals surface area contributed by atoms with Crippen LogP contribution in [-0.2, 0) is 14.3 Å². The summed E-state index contributed by atoms with van der Waals surface area (Å²) < 4.78 is 20.0. The van der Waals surface area contributed by atoms with Gasteiger partial charge in [0.1, 0.15) is 12.3 Å². The fraction of sp³-hybridized carbons (Fsp3) is 0.810. The van der Waals surface area contributed by atoms with E-state index in [0.29, 0.717) is 25.7 Å². The quantitative estimate of drug-likeness (QED) is 0.342. The highest BCUT2D eigenvalue weighted by molar-refractivity contribution is 5.71. The first-order chi connectivity index (χ1) is 13.3. The largest absolute Gasteiger partial charge is 0.481 e. The van der Waals surface area contributed by atoms with Gasteiger partial charge in [-0.3, -0.25) is 9.59 Å². The smallest absolute Gasteiger partial charge is 0.307 e. The van der Waals surface area contributed by atoms with Crippen molar-refractivity contribution in [2.45, 2.75) is 89.2 Å². The van der Waals surface area contributed by atoms with Crippen molar-refractivity contribution in [2.75, 3.05) is 0 Å². The molecule has 0 aromatic heterocycles. The molecule has 3 N–H and O–H groups in total. The van der Waals surface area contributed by atoms with Crippen LogP contribution >= 0.6 is 0 Å². The van der Waals surface area contributed by atoms with Crippen LogP contribution in [0, 0.1) is 17.8 Å². The molecular formula is C21H33FO6. The van der Waals surface area contributed by atoms with Crippen molar-refractivity contribution in [1.82, 2.24) is 0 Å². The van der Waals surface area contributed by atoms with E-state index in [-0.39, 0.29) is 30.5 Å². The average Bonchev–Trinajstić information content (AvgIpc) is 3.18. The molecule has 0 aromatic rings. The molecule has 0 spiro atoms. The molecule has 1 saturated carbocycles. The summed E-state index contributed by atoms with van der Waals surface area (Å²) in [4.78, 5) is 22.2. The molecule has 0 bridgehead atoms. The summed E-state index contributed by atoms with van der Waals surface area (Å²) in [6, 6.07) is 0. The topological polar surface area (TPSA) is 104 Å². The van der Waals surface area contributed by atoms with E-state index in [1.165, 1.54) is 6.08 Å². The van der Waals surface area contributed by atoms with Gasteiger partial charge in [-0.05, 0) is 43.9 Å². The zero-order valence-electron chi connectivity index (χ0n) is 16.5. The number of carbonyl (C=O) groups is 2. The van der Waals surface area contributed by atoms with Crippen LogP contribution in [0.2, 0.25) is 0 Å². The van der Waals surface area contributed by atoms with Gasteiger partial charge < -0.3 is 20.1 Å². The Morgan fingerprint density at radius 3 is 2.61 bits per heavy atom. The minimum Gasteiger partial charge on any atom is -0.481 e. The van der Waals surface area contributed by atoms with Crippen LogP contribution < -0.4 is 0 Å². The number of fused-ring (bicyclic) bond motifs is 1. The fourth-order valence-electron chi connectivity index (χ4n) is 4.51. The summed E-state index contributed by atoms with van der Waals surface area (Å²) in [6.45, 7) is 1.96. The van der Waals surface area contributed by atoms with Crippen molar-refractivity contribution in [3.8, 4) is 0 Å². The van der Waals surface area contributed by atoms with Gasteiger partial charge in [0.25, 0.3) is 0 Å². The molecule has 2 fully saturated rings. The number of rotatable bonds is 12. The lowest BCUT2D eigenvalue weighted by Gasteiger charge is -2.19. The second-order valence-electron chi connectivity index (χ2n) is 8.13. The Bertz CT molecular complexity index is 551. The molecule has 1 aliphatic heterocycles. The number of alkyl halides is 1. The van der Waals surface area contributed by atoms with E-state index in [0.717, 1.165) is 25.7 Å². The van der Waals surface area contributed by atoms with Crippen LogP contribution in [0.25, 0.3) is 0 Å². The van der Waals surface area contributed by atoms with E-state index in [1.807, 2.05) is 6.92 Å². The second-order valence-corrected chi connectivity index (χ2v) is 8.13. The molecule has 1 heterocycles. The summed E-state index contributed by atoms with van der Waals surface area (Å²) in [5.41, 5.74) is 0. The van der Waals surface area contributed by atoms with Gasteiger partial charge in [-0.15, -0.1) is 0 Å². The number of hydrogen-bond acceptors (Lipinski definition) is 4. The molecular weight excluding hydrogens is 367 g/mol. The standard InChI is InChI=1S/C21H33FO6/c1-2-3-7-17(22)18(23)10-9-14-15-11-13(6-4-5-8-20(24)25)28-19(15)12-16(14)21(26)27/h9-10,13-19,23H,2-8,11-12H2,1H3,(H,24,25)(H,26,27)/b10-9+/t13-,14-,15+,16+,17+,18+,19-/m0/s1. The minimum atomic E-state index is -1.33.